The average Bonchev–Trinajstić information content (AvgIpc) is 2.74. The molecular weight excluding hydrogens is 240 g/mol. The zero-order chi connectivity index (χ0) is 13.8. The van der Waals surface area contributed by atoms with Crippen molar-refractivity contribution in [1.29, 1.82) is 0 Å². The van der Waals surface area contributed by atoms with E-state index in [2.05, 4.69) is 24.2 Å². The van der Waals surface area contributed by atoms with Gasteiger partial charge in [0.2, 0.25) is 0 Å². The lowest BCUT2D eigenvalue weighted by molar-refractivity contribution is 0.0689. The molecule has 0 unspecified atom stereocenters. The topological polar surface area (TPSA) is 55.1 Å². The van der Waals surface area contributed by atoms with E-state index in [0.717, 1.165) is 25.1 Å². The number of benzene rings is 1. The van der Waals surface area contributed by atoms with E-state index >= 15 is 0 Å². The van der Waals surface area contributed by atoms with Crippen LogP contribution in [0.5, 0.6) is 0 Å². The first-order valence-corrected chi connectivity index (χ1v) is 6.40. The predicted octanol–water partition coefficient (Wildman–Crippen LogP) is 2.83. The first-order valence-electron chi connectivity index (χ1n) is 6.40. The summed E-state index contributed by atoms with van der Waals surface area (Å²) in [5.41, 5.74) is 3.65. The van der Waals surface area contributed by atoms with E-state index < -0.39 is 5.97 Å². The van der Waals surface area contributed by atoms with Crippen LogP contribution in [-0.2, 0) is 13.0 Å². The van der Waals surface area contributed by atoms with Crippen molar-refractivity contribution in [1.82, 2.24) is 9.78 Å². The van der Waals surface area contributed by atoms with Gasteiger partial charge >= 0.3 is 5.97 Å². The van der Waals surface area contributed by atoms with Crippen LogP contribution in [0.15, 0.2) is 30.3 Å². The summed E-state index contributed by atoms with van der Waals surface area (Å²) in [4.78, 5) is 10.8. The van der Waals surface area contributed by atoms with E-state index in [1.54, 1.807) is 10.7 Å². The highest BCUT2D eigenvalue weighted by molar-refractivity contribution is 5.85. The molecule has 2 aromatic rings. The Labute approximate surface area is 112 Å². The molecule has 0 aliphatic rings. The Bertz CT molecular complexity index is 588. The molecule has 100 valence electrons. The van der Waals surface area contributed by atoms with Gasteiger partial charge in [-0.3, -0.25) is 4.68 Å². The molecule has 0 radical (unpaired) electrons. The summed E-state index contributed by atoms with van der Waals surface area (Å²) in [7, 11) is 0. The van der Waals surface area contributed by atoms with Gasteiger partial charge in [0, 0.05) is 12.2 Å². The molecular formula is C15H18N2O2. The number of hydrogen-bond donors (Lipinski definition) is 1. The number of aromatic carboxylic acids is 1. The van der Waals surface area contributed by atoms with Crippen molar-refractivity contribution in [3.05, 3.63) is 52.8 Å². The molecule has 0 aliphatic carbocycles. The maximum absolute atomic E-state index is 10.8. The average molecular weight is 258 g/mol. The molecule has 0 fully saturated rings. The second kappa shape index (κ2) is 5.69. The molecule has 0 bridgehead atoms. The molecule has 0 atom stereocenters. The summed E-state index contributed by atoms with van der Waals surface area (Å²) in [6, 6.07) is 9.93. The van der Waals surface area contributed by atoms with Gasteiger partial charge in [-0.15, -0.1) is 0 Å². The molecule has 1 N–H and O–H groups in total. The number of rotatable bonds is 5. The van der Waals surface area contributed by atoms with Gasteiger partial charge in [0.15, 0.2) is 5.69 Å². The molecule has 0 spiro atoms. The maximum Gasteiger partial charge on any atom is 0.356 e. The highest BCUT2D eigenvalue weighted by Gasteiger charge is 2.10. The summed E-state index contributed by atoms with van der Waals surface area (Å²) < 4.78 is 1.77. The van der Waals surface area contributed by atoms with Gasteiger partial charge < -0.3 is 5.11 Å². The predicted molar refractivity (Wildman–Crippen MR) is 73.4 cm³/mol. The lowest BCUT2D eigenvalue weighted by atomic mass is 10.0. The van der Waals surface area contributed by atoms with Gasteiger partial charge in [0.05, 0.1) is 0 Å². The van der Waals surface area contributed by atoms with Crippen LogP contribution in [-0.4, -0.2) is 20.9 Å². The molecule has 4 heteroatoms. The van der Waals surface area contributed by atoms with Crippen molar-refractivity contribution in [2.24, 2.45) is 0 Å². The van der Waals surface area contributed by atoms with Crippen molar-refractivity contribution in [3.8, 4) is 0 Å². The Morgan fingerprint density at radius 2 is 2.05 bits per heavy atom. The molecule has 0 aliphatic heterocycles. The van der Waals surface area contributed by atoms with Gasteiger partial charge in [-0.1, -0.05) is 24.3 Å². The minimum absolute atomic E-state index is 0.119. The smallest absolute Gasteiger partial charge is 0.356 e. The molecule has 0 saturated heterocycles. The number of carboxylic acid groups (broad SMARTS) is 1. The molecule has 1 aromatic carbocycles. The number of carboxylic acids is 1. The fourth-order valence-electron chi connectivity index (χ4n) is 2.15. The van der Waals surface area contributed by atoms with Crippen LogP contribution in [0.3, 0.4) is 0 Å². The Morgan fingerprint density at radius 1 is 1.32 bits per heavy atom. The standard InChI is InChI=1S/C15H18N2O2/c1-11-6-3-4-7-13(11)8-5-9-17-12(2)10-14(16-17)15(18)19/h3-4,6-7,10H,5,8-9H2,1-2H3,(H,18,19). The Morgan fingerprint density at radius 3 is 2.68 bits per heavy atom. The summed E-state index contributed by atoms with van der Waals surface area (Å²) >= 11 is 0. The van der Waals surface area contributed by atoms with Crippen molar-refractivity contribution >= 4 is 5.97 Å². The van der Waals surface area contributed by atoms with E-state index in [1.165, 1.54) is 11.1 Å². The van der Waals surface area contributed by atoms with E-state index in [0.29, 0.717) is 0 Å². The molecule has 4 nitrogen and oxygen atoms in total. The highest BCUT2D eigenvalue weighted by atomic mass is 16.4. The van der Waals surface area contributed by atoms with Gasteiger partial charge in [-0.05, 0) is 43.9 Å². The van der Waals surface area contributed by atoms with Crippen LogP contribution in [0, 0.1) is 13.8 Å². The van der Waals surface area contributed by atoms with Gasteiger partial charge in [-0.2, -0.15) is 5.10 Å². The third-order valence-corrected chi connectivity index (χ3v) is 3.28. The zero-order valence-electron chi connectivity index (χ0n) is 11.3. The zero-order valence-corrected chi connectivity index (χ0v) is 11.3. The van der Waals surface area contributed by atoms with Crippen LogP contribution in [0.25, 0.3) is 0 Å². The van der Waals surface area contributed by atoms with Crippen LogP contribution in [0.2, 0.25) is 0 Å². The number of hydrogen-bond acceptors (Lipinski definition) is 2. The molecule has 19 heavy (non-hydrogen) atoms. The van der Waals surface area contributed by atoms with E-state index in [4.69, 9.17) is 5.11 Å². The summed E-state index contributed by atoms with van der Waals surface area (Å²) in [6.45, 7) is 4.73. The molecule has 0 saturated carbocycles. The molecule has 2 rings (SSSR count). The summed E-state index contributed by atoms with van der Waals surface area (Å²) in [5.74, 6) is -0.972. The Balaban J connectivity index is 1.96. The van der Waals surface area contributed by atoms with E-state index in [9.17, 15) is 4.79 Å². The normalized spacial score (nSPS) is 10.6. The SMILES string of the molecule is Cc1ccccc1CCCn1nc(C(=O)O)cc1C. The third kappa shape index (κ3) is 3.22. The lowest BCUT2D eigenvalue weighted by Crippen LogP contribution is -2.06. The second-order valence-electron chi connectivity index (χ2n) is 4.73. The maximum atomic E-state index is 10.8. The minimum atomic E-state index is -0.972. The minimum Gasteiger partial charge on any atom is -0.476 e. The first kappa shape index (κ1) is 13.3. The summed E-state index contributed by atoms with van der Waals surface area (Å²) in [5, 5.41) is 13.0. The van der Waals surface area contributed by atoms with Gasteiger partial charge in [-0.25, -0.2) is 4.79 Å². The van der Waals surface area contributed by atoms with Crippen molar-refractivity contribution in [3.63, 3.8) is 0 Å². The van der Waals surface area contributed by atoms with E-state index in [-0.39, 0.29) is 5.69 Å². The Kier molecular flexibility index (Phi) is 4.00. The quantitative estimate of drug-likeness (QED) is 0.897. The third-order valence-electron chi connectivity index (χ3n) is 3.28. The van der Waals surface area contributed by atoms with Crippen molar-refractivity contribution in [2.75, 3.05) is 0 Å². The lowest BCUT2D eigenvalue weighted by Gasteiger charge is -2.06. The molecule has 0 amide bonds. The van der Waals surface area contributed by atoms with Crippen LogP contribution < -0.4 is 0 Å². The fraction of sp³-hybridized carbons (Fsp3) is 0.333. The number of aryl methyl sites for hydroxylation is 4. The number of nitrogens with zero attached hydrogens (tertiary/aromatic N) is 2. The number of carbonyl (C=O) groups is 1. The van der Waals surface area contributed by atoms with E-state index in [1.807, 2.05) is 19.1 Å². The monoisotopic (exact) mass is 258 g/mol. The van der Waals surface area contributed by atoms with Crippen LogP contribution in [0.4, 0.5) is 0 Å². The number of aromatic nitrogens is 2. The second-order valence-corrected chi connectivity index (χ2v) is 4.73. The molecule has 1 aromatic heterocycles. The van der Waals surface area contributed by atoms with Crippen LogP contribution >= 0.6 is 0 Å². The van der Waals surface area contributed by atoms with Crippen LogP contribution in [0.1, 0.15) is 33.7 Å². The van der Waals surface area contributed by atoms with Crippen molar-refractivity contribution < 1.29 is 9.90 Å². The van der Waals surface area contributed by atoms with Gasteiger partial charge in [0.25, 0.3) is 0 Å². The summed E-state index contributed by atoms with van der Waals surface area (Å²) in [6.07, 6.45) is 1.93. The fourth-order valence-corrected chi connectivity index (χ4v) is 2.15. The Hall–Kier alpha value is -2.10. The largest absolute Gasteiger partial charge is 0.476 e. The molecule has 1 heterocycles. The van der Waals surface area contributed by atoms with Crippen molar-refractivity contribution in [2.45, 2.75) is 33.2 Å². The first-order chi connectivity index (χ1) is 9.08. The highest BCUT2D eigenvalue weighted by Crippen LogP contribution is 2.11. The van der Waals surface area contributed by atoms with Gasteiger partial charge in [0.1, 0.15) is 0 Å².